The molecular formula is C16H32N2O2. The molecule has 0 bridgehead atoms. The van der Waals surface area contributed by atoms with Gasteiger partial charge in [0, 0.05) is 25.9 Å². The van der Waals surface area contributed by atoms with E-state index in [0.29, 0.717) is 12.8 Å². The van der Waals surface area contributed by atoms with Crippen molar-refractivity contribution in [1.82, 2.24) is 10.6 Å². The second-order valence-electron chi connectivity index (χ2n) is 5.80. The third kappa shape index (κ3) is 13.4. The van der Waals surface area contributed by atoms with Crippen LogP contribution >= 0.6 is 0 Å². The number of rotatable bonds is 12. The number of carbonyl (C=O) groups excluding carboxylic acids is 2. The molecule has 0 aliphatic rings. The highest BCUT2D eigenvalue weighted by Gasteiger charge is 2.05. The molecule has 118 valence electrons. The number of nitrogens with one attached hydrogen (secondary N) is 2. The van der Waals surface area contributed by atoms with Gasteiger partial charge in [0.1, 0.15) is 0 Å². The molecule has 0 aliphatic carbocycles. The molecule has 0 atom stereocenters. The fourth-order valence-corrected chi connectivity index (χ4v) is 1.91. The van der Waals surface area contributed by atoms with E-state index in [-0.39, 0.29) is 11.8 Å². The Kier molecular flexibility index (Phi) is 12.3. The molecule has 4 heteroatoms. The van der Waals surface area contributed by atoms with Crippen LogP contribution in [0.25, 0.3) is 0 Å². The third-order valence-electron chi connectivity index (χ3n) is 3.21. The normalized spacial score (nSPS) is 10.6. The summed E-state index contributed by atoms with van der Waals surface area (Å²) < 4.78 is 0. The molecule has 4 nitrogen and oxygen atoms in total. The van der Waals surface area contributed by atoms with Crippen molar-refractivity contribution in [2.45, 2.75) is 72.1 Å². The quantitative estimate of drug-likeness (QED) is 0.541. The van der Waals surface area contributed by atoms with Crippen molar-refractivity contribution in [3.8, 4) is 0 Å². The summed E-state index contributed by atoms with van der Waals surface area (Å²) in [6.45, 7) is 8.00. The Balaban J connectivity index is 3.41. The van der Waals surface area contributed by atoms with Crippen LogP contribution in [0.4, 0.5) is 0 Å². The molecule has 20 heavy (non-hydrogen) atoms. The molecule has 0 spiro atoms. The number of unbranched alkanes of at least 4 members (excludes halogenated alkanes) is 3. The summed E-state index contributed by atoms with van der Waals surface area (Å²) in [5.41, 5.74) is 0. The Bertz CT molecular complexity index is 265. The van der Waals surface area contributed by atoms with Crippen LogP contribution in [-0.2, 0) is 9.59 Å². The number of amides is 2. The largest absolute Gasteiger partial charge is 0.356 e. The summed E-state index contributed by atoms with van der Waals surface area (Å²) in [4.78, 5) is 23.0. The van der Waals surface area contributed by atoms with E-state index >= 15 is 0 Å². The van der Waals surface area contributed by atoms with Gasteiger partial charge in [0.25, 0.3) is 0 Å². The van der Waals surface area contributed by atoms with Crippen molar-refractivity contribution in [3.63, 3.8) is 0 Å². The summed E-state index contributed by atoms with van der Waals surface area (Å²) in [6.07, 6.45) is 7.27. The lowest BCUT2D eigenvalue weighted by Gasteiger charge is -2.07. The molecule has 0 aliphatic heterocycles. The zero-order valence-corrected chi connectivity index (χ0v) is 13.5. The van der Waals surface area contributed by atoms with E-state index in [0.717, 1.165) is 51.1 Å². The average Bonchev–Trinajstić information content (AvgIpc) is 2.40. The molecule has 2 N–H and O–H groups in total. The van der Waals surface area contributed by atoms with Crippen molar-refractivity contribution in [2.75, 3.05) is 13.1 Å². The van der Waals surface area contributed by atoms with Gasteiger partial charge in [0.05, 0.1) is 0 Å². The van der Waals surface area contributed by atoms with Gasteiger partial charge >= 0.3 is 0 Å². The van der Waals surface area contributed by atoms with Gasteiger partial charge in [-0.1, -0.05) is 46.5 Å². The van der Waals surface area contributed by atoms with E-state index in [1.807, 2.05) is 0 Å². The minimum atomic E-state index is -0.0175. The Morgan fingerprint density at radius 1 is 0.850 bits per heavy atom. The molecule has 0 radical (unpaired) electrons. The highest BCUT2D eigenvalue weighted by Crippen LogP contribution is 2.05. The molecule has 0 saturated carbocycles. The van der Waals surface area contributed by atoms with E-state index in [9.17, 15) is 9.59 Å². The first-order valence-corrected chi connectivity index (χ1v) is 8.09. The minimum absolute atomic E-state index is 0.0155. The molecule has 0 saturated heterocycles. The van der Waals surface area contributed by atoms with Gasteiger partial charge in [-0.25, -0.2) is 0 Å². The van der Waals surface area contributed by atoms with E-state index < -0.39 is 0 Å². The number of carbonyl (C=O) groups is 2. The van der Waals surface area contributed by atoms with Gasteiger partial charge in [-0.2, -0.15) is 0 Å². The lowest BCUT2D eigenvalue weighted by Crippen LogP contribution is -2.28. The summed E-state index contributed by atoms with van der Waals surface area (Å²) in [5.74, 6) is 0.691. The highest BCUT2D eigenvalue weighted by molar-refractivity contribution is 5.83. The van der Waals surface area contributed by atoms with Crippen LogP contribution in [0.3, 0.4) is 0 Å². The van der Waals surface area contributed by atoms with Gasteiger partial charge in [-0.3, -0.25) is 9.59 Å². The fourth-order valence-electron chi connectivity index (χ4n) is 1.91. The van der Waals surface area contributed by atoms with Gasteiger partial charge < -0.3 is 10.6 Å². The molecule has 0 fully saturated rings. The highest BCUT2D eigenvalue weighted by atomic mass is 16.2. The van der Waals surface area contributed by atoms with Gasteiger partial charge in [0.15, 0.2) is 0 Å². The standard InChI is InChI=1S/C16H32N2O2/c1-4-5-7-12-17-15(19)10-11-16(20)18-13-8-6-9-14(2)3/h14H,4-13H2,1-3H3,(H,17,19)(H,18,20). The monoisotopic (exact) mass is 284 g/mol. The van der Waals surface area contributed by atoms with Crippen LogP contribution in [0, 0.1) is 5.92 Å². The lowest BCUT2D eigenvalue weighted by molar-refractivity contribution is -0.126. The van der Waals surface area contributed by atoms with Crippen LogP contribution < -0.4 is 10.6 Å². The van der Waals surface area contributed by atoms with Crippen molar-refractivity contribution >= 4 is 11.8 Å². The summed E-state index contributed by atoms with van der Waals surface area (Å²) in [5, 5.41) is 5.71. The van der Waals surface area contributed by atoms with Crippen LogP contribution in [0.2, 0.25) is 0 Å². The zero-order valence-electron chi connectivity index (χ0n) is 13.5. The third-order valence-corrected chi connectivity index (χ3v) is 3.21. The SMILES string of the molecule is CCCCCNC(=O)CCC(=O)NCCCCC(C)C. The van der Waals surface area contributed by atoms with Crippen molar-refractivity contribution in [1.29, 1.82) is 0 Å². The number of hydrogen-bond acceptors (Lipinski definition) is 2. The lowest BCUT2D eigenvalue weighted by atomic mass is 10.1. The molecule has 0 heterocycles. The van der Waals surface area contributed by atoms with Crippen molar-refractivity contribution in [3.05, 3.63) is 0 Å². The summed E-state index contributed by atoms with van der Waals surface area (Å²) >= 11 is 0. The van der Waals surface area contributed by atoms with E-state index in [2.05, 4.69) is 31.4 Å². The second-order valence-corrected chi connectivity index (χ2v) is 5.80. The predicted octanol–water partition coefficient (Wildman–Crippen LogP) is 3.02. The first-order valence-electron chi connectivity index (χ1n) is 8.09. The van der Waals surface area contributed by atoms with Crippen LogP contribution in [0.15, 0.2) is 0 Å². The molecular weight excluding hydrogens is 252 g/mol. The molecule has 0 unspecified atom stereocenters. The van der Waals surface area contributed by atoms with Gasteiger partial charge in [0.2, 0.25) is 11.8 Å². The maximum absolute atomic E-state index is 11.5. The molecule has 0 aromatic rings. The van der Waals surface area contributed by atoms with E-state index in [1.165, 1.54) is 6.42 Å². The fraction of sp³-hybridized carbons (Fsp3) is 0.875. The molecule has 2 amide bonds. The maximum atomic E-state index is 11.5. The van der Waals surface area contributed by atoms with Crippen LogP contribution in [0.1, 0.15) is 72.1 Å². The second kappa shape index (κ2) is 12.9. The predicted molar refractivity (Wildman–Crippen MR) is 83.5 cm³/mol. The van der Waals surface area contributed by atoms with Crippen molar-refractivity contribution in [2.24, 2.45) is 5.92 Å². The zero-order chi connectivity index (χ0) is 15.2. The minimum Gasteiger partial charge on any atom is -0.356 e. The maximum Gasteiger partial charge on any atom is 0.220 e. The van der Waals surface area contributed by atoms with Crippen LogP contribution in [0.5, 0.6) is 0 Å². The first-order chi connectivity index (χ1) is 9.56. The molecule has 0 aromatic heterocycles. The molecule has 0 rings (SSSR count). The van der Waals surface area contributed by atoms with E-state index in [4.69, 9.17) is 0 Å². The van der Waals surface area contributed by atoms with E-state index in [1.54, 1.807) is 0 Å². The Hall–Kier alpha value is -1.06. The van der Waals surface area contributed by atoms with Gasteiger partial charge in [-0.05, 0) is 18.8 Å². The molecule has 0 aromatic carbocycles. The van der Waals surface area contributed by atoms with Crippen LogP contribution in [-0.4, -0.2) is 24.9 Å². The first kappa shape index (κ1) is 18.9. The Morgan fingerprint density at radius 2 is 1.35 bits per heavy atom. The summed E-state index contributed by atoms with van der Waals surface area (Å²) in [7, 11) is 0. The summed E-state index contributed by atoms with van der Waals surface area (Å²) in [6, 6.07) is 0. The van der Waals surface area contributed by atoms with Crippen molar-refractivity contribution < 1.29 is 9.59 Å². The Labute approximate surface area is 124 Å². The Morgan fingerprint density at radius 3 is 1.80 bits per heavy atom. The smallest absolute Gasteiger partial charge is 0.220 e. The number of hydrogen-bond donors (Lipinski definition) is 2. The van der Waals surface area contributed by atoms with Gasteiger partial charge in [-0.15, -0.1) is 0 Å². The topological polar surface area (TPSA) is 58.2 Å². The average molecular weight is 284 g/mol.